The van der Waals surface area contributed by atoms with Crippen molar-refractivity contribution >= 4 is 17.3 Å². The SMILES string of the molecule is CCOC(=O)C(C)(C)c1csc(-c2ccnn2CC)n1. The molecule has 0 atom stereocenters. The molecule has 0 unspecified atom stereocenters. The van der Waals surface area contributed by atoms with E-state index in [4.69, 9.17) is 4.74 Å². The molecule has 5 nitrogen and oxygen atoms in total. The van der Waals surface area contributed by atoms with E-state index in [1.807, 2.05) is 36.9 Å². The largest absolute Gasteiger partial charge is 0.465 e. The summed E-state index contributed by atoms with van der Waals surface area (Å²) in [6.45, 7) is 8.68. The number of rotatable bonds is 5. The van der Waals surface area contributed by atoms with E-state index in [2.05, 4.69) is 10.1 Å². The highest BCUT2D eigenvalue weighted by Crippen LogP contribution is 2.30. The highest BCUT2D eigenvalue weighted by atomic mass is 32.1. The fraction of sp³-hybridized carbons (Fsp3) is 0.500. The molecule has 0 aliphatic carbocycles. The van der Waals surface area contributed by atoms with Gasteiger partial charge in [-0.25, -0.2) is 4.98 Å². The molecule has 0 N–H and O–H groups in total. The molecule has 2 rings (SSSR count). The second kappa shape index (κ2) is 5.75. The van der Waals surface area contributed by atoms with Gasteiger partial charge in [-0.1, -0.05) is 0 Å². The lowest BCUT2D eigenvalue weighted by Gasteiger charge is -2.19. The minimum Gasteiger partial charge on any atom is -0.465 e. The molecule has 0 saturated carbocycles. The fourth-order valence-corrected chi connectivity index (χ4v) is 2.88. The van der Waals surface area contributed by atoms with Gasteiger partial charge >= 0.3 is 5.97 Å². The van der Waals surface area contributed by atoms with Gasteiger partial charge in [-0.3, -0.25) is 9.48 Å². The predicted octanol–water partition coefficient (Wildman–Crippen LogP) is 2.87. The molecule has 2 aromatic rings. The van der Waals surface area contributed by atoms with Crippen molar-refractivity contribution in [3.8, 4) is 10.7 Å². The lowest BCUT2D eigenvalue weighted by molar-refractivity contribution is -0.148. The highest BCUT2D eigenvalue weighted by molar-refractivity contribution is 7.13. The van der Waals surface area contributed by atoms with E-state index >= 15 is 0 Å². The maximum Gasteiger partial charge on any atom is 0.317 e. The Kier molecular flexibility index (Phi) is 4.23. The number of thiazole rings is 1. The van der Waals surface area contributed by atoms with E-state index < -0.39 is 5.41 Å². The van der Waals surface area contributed by atoms with Crippen LogP contribution >= 0.6 is 11.3 Å². The maximum atomic E-state index is 12.0. The lowest BCUT2D eigenvalue weighted by atomic mass is 9.90. The Morgan fingerprint density at radius 1 is 1.45 bits per heavy atom. The third-order valence-electron chi connectivity index (χ3n) is 3.17. The Labute approximate surface area is 122 Å². The Hall–Kier alpha value is -1.69. The third kappa shape index (κ3) is 2.60. The molecule has 0 radical (unpaired) electrons. The van der Waals surface area contributed by atoms with Gasteiger partial charge in [0.1, 0.15) is 10.4 Å². The van der Waals surface area contributed by atoms with Crippen LogP contribution in [0.1, 0.15) is 33.4 Å². The van der Waals surface area contributed by atoms with Crippen molar-refractivity contribution in [1.29, 1.82) is 0 Å². The Bertz CT molecular complexity index is 601. The smallest absolute Gasteiger partial charge is 0.317 e. The van der Waals surface area contributed by atoms with Gasteiger partial charge in [-0.05, 0) is 33.8 Å². The summed E-state index contributed by atoms with van der Waals surface area (Å²) >= 11 is 1.52. The van der Waals surface area contributed by atoms with Crippen LogP contribution in [0.2, 0.25) is 0 Å². The van der Waals surface area contributed by atoms with Crippen LogP contribution in [0.15, 0.2) is 17.6 Å². The normalized spacial score (nSPS) is 11.6. The highest BCUT2D eigenvalue weighted by Gasteiger charge is 2.34. The van der Waals surface area contributed by atoms with Crippen LogP contribution in [0.25, 0.3) is 10.7 Å². The summed E-state index contributed by atoms with van der Waals surface area (Å²) in [4.78, 5) is 16.6. The van der Waals surface area contributed by atoms with Crippen molar-refractivity contribution in [2.45, 2.75) is 39.7 Å². The number of hydrogen-bond donors (Lipinski definition) is 0. The monoisotopic (exact) mass is 293 g/mol. The van der Waals surface area contributed by atoms with Crippen LogP contribution in [0.4, 0.5) is 0 Å². The average Bonchev–Trinajstić information content (AvgIpc) is 3.07. The van der Waals surface area contributed by atoms with Crippen LogP contribution in [0, 0.1) is 0 Å². The molecule has 0 aliphatic rings. The molecule has 0 aliphatic heterocycles. The summed E-state index contributed by atoms with van der Waals surface area (Å²) in [6, 6.07) is 1.93. The van der Waals surface area contributed by atoms with Gasteiger partial charge < -0.3 is 4.74 Å². The first-order valence-corrected chi connectivity index (χ1v) is 7.54. The van der Waals surface area contributed by atoms with E-state index in [0.29, 0.717) is 6.61 Å². The van der Waals surface area contributed by atoms with Crippen LogP contribution in [0.3, 0.4) is 0 Å². The van der Waals surface area contributed by atoms with Gasteiger partial charge in [-0.15, -0.1) is 11.3 Å². The fourth-order valence-electron chi connectivity index (χ4n) is 1.86. The topological polar surface area (TPSA) is 57.0 Å². The molecule has 0 bridgehead atoms. The minimum atomic E-state index is -0.734. The lowest BCUT2D eigenvalue weighted by Crippen LogP contribution is -2.31. The molecule has 0 fully saturated rings. The van der Waals surface area contributed by atoms with E-state index in [0.717, 1.165) is 22.9 Å². The molecule has 6 heteroatoms. The zero-order valence-corrected chi connectivity index (χ0v) is 13.0. The number of carbonyl (C=O) groups excluding carboxylic acids is 1. The number of hydrogen-bond acceptors (Lipinski definition) is 5. The number of esters is 1. The first-order valence-electron chi connectivity index (χ1n) is 6.66. The molecule has 0 amide bonds. The van der Waals surface area contributed by atoms with Gasteiger partial charge in [0.2, 0.25) is 0 Å². The quantitative estimate of drug-likeness (QED) is 0.795. The number of nitrogens with zero attached hydrogens (tertiary/aromatic N) is 3. The number of carbonyl (C=O) groups is 1. The van der Waals surface area contributed by atoms with Crippen molar-refractivity contribution in [2.24, 2.45) is 0 Å². The Balaban J connectivity index is 2.31. The van der Waals surface area contributed by atoms with E-state index in [-0.39, 0.29) is 5.97 Å². The van der Waals surface area contributed by atoms with E-state index in [1.54, 1.807) is 13.1 Å². The second-order valence-corrected chi connectivity index (χ2v) is 5.77. The van der Waals surface area contributed by atoms with Crippen molar-refractivity contribution < 1.29 is 9.53 Å². The summed E-state index contributed by atoms with van der Waals surface area (Å²) in [7, 11) is 0. The van der Waals surface area contributed by atoms with Crippen LogP contribution < -0.4 is 0 Å². The van der Waals surface area contributed by atoms with Crippen molar-refractivity contribution in [1.82, 2.24) is 14.8 Å². The first kappa shape index (κ1) is 14.7. The van der Waals surface area contributed by atoms with Gasteiger partial charge in [0.25, 0.3) is 0 Å². The molecule has 2 aromatic heterocycles. The van der Waals surface area contributed by atoms with Crippen LogP contribution in [0.5, 0.6) is 0 Å². The number of aryl methyl sites for hydroxylation is 1. The van der Waals surface area contributed by atoms with Gasteiger partial charge in [0, 0.05) is 18.1 Å². The minimum absolute atomic E-state index is 0.249. The van der Waals surface area contributed by atoms with E-state index in [9.17, 15) is 4.79 Å². The molecule has 20 heavy (non-hydrogen) atoms. The summed E-state index contributed by atoms with van der Waals surface area (Å²) in [5, 5.41) is 7.03. The Morgan fingerprint density at radius 2 is 2.20 bits per heavy atom. The first-order chi connectivity index (χ1) is 9.50. The molecular weight excluding hydrogens is 274 g/mol. The standard InChI is InChI=1S/C14H19N3O2S/c1-5-17-10(7-8-15-17)12-16-11(9-20-12)14(3,4)13(18)19-6-2/h7-9H,5-6H2,1-4H3. The van der Waals surface area contributed by atoms with Crippen LogP contribution in [-0.4, -0.2) is 27.3 Å². The average molecular weight is 293 g/mol. The summed E-state index contributed by atoms with van der Waals surface area (Å²) in [5.74, 6) is -0.249. The molecular formula is C14H19N3O2S. The molecule has 0 spiro atoms. The van der Waals surface area contributed by atoms with Crippen molar-refractivity contribution in [2.75, 3.05) is 6.61 Å². The summed E-state index contributed by atoms with van der Waals surface area (Å²) in [5.41, 5.74) is 0.977. The zero-order valence-electron chi connectivity index (χ0n) is 12.2. The van der Waals surface area contributed by atoms with Crippen LogP contribution in [-0.2, 0) is 21.5 Å². The predicted molar refractivity (Wildman–Crippen MR) is 78.7 cm³/mol. The number of ether oxygens (including phenoxy) is 1. The van der Waals surface area contributed by atoms with E-state index in [1.165, 1.54) is 11.3 Å². The van der Waals surface area contributed by atoms with Gasteiger partial charge in [0.05, 0.1) is 18.0 Å². The number of aromatic nitrogens is 3. The van der Waals surface area contributed by atoms with Crippen molar-refractivity contribution in [3.63, 3.8) is 0 Å². The van der Waals surface area contributed by atoms with Gasteiger partial charge in [0.15, 0.2) is 0 Å². The molecule has 0 saturated heterocycles. The third-order valence-corrected chi connectivity index (χ3v) is 4.03. The summed E-state index contributed by atoms with van der Waals surface area (Å²) < 4.78 is 7.00. The second-order valence-electron chi connectivity index (χ2n) is 4.92. The molecule has 2 heterocycles. The summed E-state index contributed by atoms with van der Waals surface area (Å²) in [6.07, 6.45) is 1.76. The van der Waals surface area contributed by atoms with Gasteiger partial charge in [-0.2, -0.15) is 5.10 Å². The zero-order chi connectivity index (χ0) is 14.8. The molecule has 0 aromatic carbocycles. The van der Waals surface area contributed by atoms with Crippen molar-refractivity contribution in [3.05, 3.63) is 23.3 Å². The maximum absolute atomic E-state index is 12.0. The Morgan fingerprint density at radius 3 is 2.85 bits per heavy atom. The molecule has 108 valence electrons.